The summed E-state index contributed by atoms with van der Waals surface area (Å²) < 4.78 is 27.3. The molecule has 3 aliphatic heterocycles. The number of amides is 2. The number of hydrogen-bond donors (Lipinski definition) is 14. The smallest absolute Gasteiger partial charge is 0.364 e. The fraction of sp³-hybridized carbons (Fsp3) is 0.880. The molecule has 0 unspecified atom stereocenters. The van der Waals surface area contributed by atoms with Crippen LogP contribution in [0.5, 0.6) is 0 Å². The fourth-order valence-electron chi connectivity index (χ4n) is 5.57. The van der Waals surface area contributed by atoms with Crippen LogP contribution in [0.3, 0.4) is 0 Å². The zero-order valence-corrected chi connectivity index (χ0v) is 24.8. The molecule has 14 N–H and O–H groups in total. The predicted octanol–water partition coefficient (Wildman–Crippen LogP) is -9.11. The Morgan fingerprint density at radius 1 is 0.872 bits per heavy atom. The number of carboxylic acid groups (broad SMARTS) is 1. The molecule has 47 heavy (non-hydrogen) atoms. The zero-order valence-electron chi connectivity index (χ0n) is 24.8. The minimum atomic E-state index is -3.10. The third kappa shape index (κ3) is 8.50. The van der Waals surface area contributed by atoms with Crippen molar-refractivity contribution < 1.29 is 99.3 Å². The van der Waals surface area contributed by atoms with Gasteiger partial charge in [0.2, 0.25) is 11.8 Å². The van der Waals surface area contributed by atoms with E-state index in [1.54, 1.807) is 0 Å². The van der Waals surface area contributed by atoms with E-state index in [9.17, 15) is 70.6 Å². The van der Waals surface area contributed by atoms with Gasteiger partial charge in [-0.05, 0) is 0 Å². The highest BCUT2D eigenvalue weighted by Gasteiger charge is 2.60. The first kappa shape index (κ1) is 39.2. The standard InChI is InChI=1S/C25H42N2O20/c1-7(32)26-14-17(38)19(11(5-30)43-22(14)40)45-23-18(39)21(16(37)10(4-29)44-23)47-25(24(41)42)2-8(33)13(27-12(35)6-31)20(46-25)15(36)9(34)3-28/h8-11,13-23,28-31,33-34,36-40H,2-6H2,1H3,(H,26,32)(H,27,35)(H,41,42)/t8-,9+,10+,11+,13+,14+,15+,16-,17+,18+,19+,20+,21-,22-,23-,25-/m0/s1. The summed E-state index contributed by atoms with van der Waals surface area (Å²) in [6.45, 7) is -3.03. The van der Waals surface area contributed by atoms with Gasteiger partial charge in [0.1, 0.15) is 73.7 Å². The first-order valence-corrected chi connectivity index (χ1v) is 14.4. The monoisotopic (exact) mass is 690 g/mol. The van der Waals surface area contributed by atoms with Crippen molar-refractivity contribution in [1.29, 1.82) is 0 Å². The van der Waals surface area contributed by atoms with E-state index in [1.165, 1.54) is 0 Å². The maximum atomic E-state index is 12.6. The lowest BCUT2D eigenvalue weighted by atomic mass is 9.88. The van der Waals surface area contributed by atoms with Gasteiger partial charge in [0.05, 0.1) is 32.0 Å². The van der Waals surface area contributed by atoms with Crippen molar-refractivity contribution in [2.24, 2.45) is 0 Å². The summed E-state index contributed by atoms with van der Waals surface area (Å²) in [5, 5.41) is 127. The van der Waals surface area contributed by atoms with Gasteiger partial charge in [0, 0.05) is 13.3 Å². The van der Waals surface area contributed by atoms with Crippen LogP contribution in [0.4, 0.5) is 0 Å². The van der Waals surface area contributed by atoms with Crippen LogP contribution in [0.1, 0.15) is 13.3 Å². The quantitative estimate of drug-likeness (QED) is 0.0852. The van der Waals surface area contributed by atoms with Crippen LogP contribution in [-0.2, 0) is 38.1 Å². The molecule has 22 nitrogen and oxygen atoms in total. The van der Waals surface area contributed by atoms with Crippen molar-refractivity contribution in [2.75, 3.05) is 26.4 Å². The van der Waals surface area contributed by atoms with Crippen LogP contribution in [0.2, 0.25) is 0 Å². The van der Waals surface area contributed by atoms with Gasteiger partial charge in [-0.1, -0.05) is 0 Å². The lowest BCUT2D eigenvalue weighted by Crippen LogP contribution is -2.71. The average molecular weight is 691 g/mol. The molecule has 0 aromatic rings. The van der Waals surface area contributed by atoms with E-state index in [0.717, 1.165) is 6.92 Å². The minimum Gasteiger partial charge on any atom is -0.477 e. The van der Waals surface area contributed by atoms with Crippen molar-refractivity contribution in [3.63, 3.8) is 0 Å². The van der Waals surface area contributed by atoms with Crippen molar-refractivity contribution in [1.82, 2.24) is 10.6 Å². The van der Waals surface area contributed by atoms with Gasteiger partial charge in [-0.3, -0.25) is 9.59 Å². The normalized spacial score (nSPS) is 42.3. The van der Waals surface area contributed by atoms with Crippen molar-refractivity contribution >= 4 is 17.8 Å². The number of carboxylic acids is 1. The first-order valence-electron chi connectivity index (χ1n) is 14.4. The number of aliphatic carboxylic acids is 1. The second-order valence-electron chi connectivity index (χ2n) is 11.3. The summed E-state index contributed by atoms with van der Waals surface area (Å²) in [5.74, 6) is -6.93. The van der Waals surface area contributed by atoms with E-state index in [2.05, 4.69) is 10.6 Å². The van der Waals surface area contributed by atoms with E-state index in [0.29, 0.717) is 0 Å². The Morgan fingerprint density at radius 3 is 2.04 bits per heavy atom. The molecule has 0 aliphatic carbocycles. The van der Waals surface area contributed by atoms with E-state index >= 15 is 0 Å². The summed E-state index contributed by atoms with van der Waals surface area (Å²) in [4.78, 5) is 36.1. The maximum absolute atomic E-state index is 12.6. The van der Waals surface area contributed by atoms with Gasteiger partial charge in [0.25, 0.3) is 5.79 Å². The van der Waals surface area contributed by atoms with Crippen LogP contribution in [0, 0.1) is 0 Å². The number of rotatable bonds is 13. The number of carbonyl (C=O) groups excluding carboxylic acids is 2. The molecule has 0 radical (unpaired) electrons. The number of nitrogens with one attached hydrogen (secondary N) is 2. The third-order valence-electron chi connectivity index (χ3n) is 7.97. The molecule has 3 aliphatic rings. The Labute approximate surface area is 265 Å². The summed E-state index contributed by atoms with van der Waals surface area (Å²) in [6, 6.07) is -3.22. The van der Waals surface area contributed by atoms with Crippen molar-refractivity contribution in [3.8, 4) is 0 Å². The molecule has 0 bridgehead atoms. The van der Waals surface area contributed by atoms with E-state index in [4.69, 9.17) is 28.8 Å². The highest BCUT2D eigenvalue weighted by Crippen LogP contribution is 2.38. The van der Waals surface area contributed by atoms with Crippen LogP contribution < -0.4 is 10.6 Å². The van der Waals surface area contributed by atoms with Crippen molar-refractivity contribution in [2.45, 2.75) is 111 Å². The minimum absolute atomic E-state index is 0.703. The molecule has 22 heteroatoms. The zero-order chi connectivity index (χ0) is 35.4. The molecule has 16 atom stereocenters. The fourth-order valence-corrected chi connectivity index (χ4v) is 5.57. The third-order valence-corrected chi connectivity index (χ3v) is 7.97. The number of ether oxygens (including phenoxy) is 5. The molecule has 3 saturated heterocycles. The summed E-state index contributed by atoms with van der Waals surface area (Å²) in [6.07, 6.45) is -26.4. The Bertz CT molecular complexity index is 1070. The Morgan fingerprint density at radius 2 is 1.51 bits per heavy atom. The number of hydrogen-bond acceptors (Lipinski definition) is 19. The second-order valence-corrected chi connectivity index (χ2v) is 11.3. The van der Waals surface area contributed by atoms with E-state index in [-0.39, 0.29) is 0 Å². The molecule has 0 spiro atoms. The molecule has 3 rings (SSSR count). The molecule has 0 aromatic carbocycles. The first-order chi connectivity index (χ1) is 22.0. The van der Waals surface area contributed by atoms with Gasteiger partial charge in [-0.15, -0.1) is 0 Å². The summed E-state index contributed by atoms with van der Waals surface area (Å²) in [7, 11) is 0. The highest BCUT2D eigenvalue weighted by atomic mass is 16.8. The van der Waals surface area contributed by atoms with E-state index < -0.39 is 148 Å². The van der Waals surface area contributed by atoms with Crippen LogP contribution in [0.25, 0.3) is 0 Å². The molecular weight excluding hydrogens is 648 g/mol. The predicted molar refractivity (Wildman–Crippen MR) is 143 cm³/mol. The number of aliphatic hydroxyl groups excluding tert-OH is 11. The number of aliphatic hydroxyl groups is 11. The molecule has 272 valence electrons. The average Bonchev–Trinajstić information content (AvgIpc) is 3.03. The topological polar surface area (TPSA) is 364 Å². The highest BCUT2D eigenvalue weighted by molar-refractivity contribution is 5.78. The molecular formula is C25H42N2O20. The van der Waals surface area contributed by atoms with Gasteiger partial charge in [-0.25, -0.2) is 4.79 Å². The molecule has 2 amide bonds. The molecule has 3 fully saturated rings. The summed E-state index contributed by atoms with van der Waals surface area (Å²) in [5.41, 5.74) is 0. The maximum Gasteiger partial charge on any atom is 0.364 e. The van der Waals surface area contributed by atoms with Crippen molar-refractivity contribution in [3.05, 3.63) is 0 Å². The van der Waals surface area contributed by atoms with E-state index in [1.807, 2.05) is 0 Å². The van der Waals surface area contributed by atoms with Gasteiger partial charge >= 0.3 is 5.97 Å². The summed E-state index contributed by atoms with van der Waals surface area (Å²) >= 11 is 0. The Kier molecular flexibility index (Phi) is 13.7. The Balaban J connectivity index is 1.96. The lowest BCUT2D eigenvalue weighted by molar-refractivity contribution is -0.382. The second kappa shape index (κ2) is 16.4. The van der Waals surface area contributed by atoms with Gasteiger partial charge < -0.3 is 95.6 Å². The Hall–Kier alpha value is -2.23. The largest absolute Gasteiger partial charge is 0.477 e. The van der Waals surface area contributed by atoms with Crippen LogP contribution in [-0.4, -0.2) is 203 Å². The van der Waals surface area contributed by atoms with Gasteiger partial charge in [0.15, 0.2) is 12.6 Å². The SMILES string of the molecule is CC(=O)N[C@@H]1[C@@H](O)[C@H](O[C@@H]2O[C@H](CO)[C@H](O)[C@H](O[C@]3(C(=O)O)C[C@H](O)[C@@H](NC(=O)CO)[C@H]([C@H](O)[C@H](O)CO)O3)[C@H]2O)[C@@H](CO)O[C@@H]1O. The molecule has 0 aromatic heterocycles. The molecule has 3 heterocycles. The van der Waals surface area contributed by atoms with Crippen LogP contribution in [0.15, 0.2) is 0 Å². The molecule has 0 saturated carbocycles. The number of carbonyl (C=O) groups is 3. The van der Waals surface area contributed by atoms with Crippen LogP contribution >= 0.6 is 0 Å². The van der Waals surface area contributed by atoms with Gasteiger partial charge in [-0.2, -0.15) is 0 Å². The lowest BCUT2D eigenvalue weighted by Gasteiger charge is -2.50.